The van der Waals surface area contributed by atoms with E-state index in [1.807, 2.05) is 0 Å². The fourth-order valence-corrected chi connectivity index (χ4v) is 2.09. The van der Waals surface area contributed by atoms with Crippen molar-refractivity contribution in [3.8, 4) is 5.69 Å². The van der Waals surface area contributed by atoms with Gasteiger partial charge in [-0.2, -0.15) is 5.10 Å². The van der Waals surface area contributed by atoms with Crippen LogP contribution in [0, 0.1) is 0 Å². The van der Waals surface area contributed by atoms with Crippen LogP contribution in [-0.2, 0) is 0 Å². The highest BCUT2D eigenvalue weighted by Crippen LogP contribution is 2.15. The number of primary amides is 1. The van der Waals surface area contributed by atoms with E-state index in [2.05, 4.69) is 20.7 Å². The normalized spacial score (nSPS) is 10.2. The SMILES string of the molecule is NC(=O)Nc1ccc(NC(=O)c2ccc(-n3cncn3)cc2)cc1. The van der Waals surface area contributed by atoms with E-state index in [1.54, 1.807) is 59.5 Å². The fourth-order valence-electron chi connectivity index (χ4n) is 2.09. The van der Waals surface area contributed by atoms with Crippen LogP contribution in [0.25, 0.3) is 5.69 Å². The molecule has 1 aromatic heterocycles. The van der Waals surface area contributed by atoms with Crippen LogP contribution < -0.4 is 16.4 Å². The quantitative estimate of drug-likeness (QED) is 0.681. The van der Waals surface area contributed by atoms with Crippen molar-refractivity contribution in [2.24, 2.45) is 5.73 Å². The number of amides is 3. The molecule has 4 N–H and O–H groups in total. The lowest BCUT2D eigenvalue weighted by atomic mass is 10.2. The Kier molecular flexibility index (Phi) is 4.19. The molecule has 0 atom stereocenters. The van der Waals surface area contributed by atoms with Crippen molar-refractivity contribution >= 4 is 23.3 Å². The number of rotatable bonds is 4. The van der Waals surface area contributed by atoms with E-state index in [-0.39, 0.29) is 5.91 Å². The molecule has 120 valence electrons. The second kappa shape index (κ2) is 6.61. The first-order chi connectivity index (χ1) is 11.6. The number of benzene rings is 2. The van der Waals surface area contributed by atoms with Gasteiger partial charge in [-0.05, 0) is 48.5 Å². The lowest BCUT2D eigenvalue weighted by molar-refractivity contribution is 0.102. The third-order valence-electron chi connectivity index (χ3n) is 3.22. The average molecular weight is 322 g/mol. The molecule has 8 heteroatoms. The van der Waals surface area contributed by atoms with Gasteiger partial charge in [0, 0.05) is 16.9 Å². The zero-order valence-electron chi connectivity index (χ0n) is 12.5. The molecule has 24 heavy (non-hydrogen) atoms. The summed E-state index contributed by atoms with van der Waals surface area (Å²) in [5.74, 6) is -0.240. The first-order valence-electron chi connectivity index (χ1n) is 7.05. The minimum absolute atomic E-state index is 0.240. The molecule has 1 heterocycles. The summed E-state index contributed by atoms with van der Waals surface area (Å²) >= 11 is 0. The van der Waals surface area contributed by atoms with Gasteiger partial charge >= 0.3 is 6.03 Å². The number of carbonyl (C=O) groups is 2. The topological polar surface area (TPSA) is 115 Å². The molecule has 0 saturated heterocycles. The maximum atomic E-state index is 12.2. The minimum Gasteiger partial charge on any atom is -0.351 e. The molecular weight excluding hydrogens is 308 g/mol. The van der Waals surface area contributed by atoms with Crippen LogP contribution in [-0.4, -0.2) is 26.7 Å². The summed E-state index contributed by atoms with van der Waals surface area (Å²) in [5, 5.41) is 9.25. The van der Waals surface area contributed by atoms with Crippen molar-refractivity contribution < 1.29 is 9.59 Å². The van der Waals surface area contributed by atoms with E-state index >= 15 is 0 Å². The molecule has 0 spiro atoms. The van der Waals surface area contributed by atoms with Gasteiger partial charge in [0.2, 0.25) is 0 Å². The summed E-state index contributed by atoms with van der Waals surface area (Å²) in [7, 11) is 0. The zero-order chi connectivity index (χ0) is 16.9. The average Bonchev–Trinajstić information content (AvgIpc) is 3.11. The van der Waals surface area contributed by atoms with Crippen LogP contribution in [0.2, 0.25) is 0 Å². The van der Waals surface area contributed by atoms with Crippen molar-refractivity contribution in [3.05, 3.63) is 66.7 Å². The van der Waals surface area contributed by atoms with Crippen LogP contribution in [0.3, 0.4) is 0 Å². The lowest BCUT2D eigenvalue weighted by Crippen LogP contribution is -2.19. The van der Waals surface area contributed by atoms with Gasteiger partial charge in [0.1, 0.15) is 12.7 Å². The summed E-state index contributed by atoms with van der Waals surface area (Å²) in [5.41, 5.74) is 7.52. The third-order valence-corrected chi connectivity index (χ3v) is 3.22. The maximum absolute atomic E-state index is 12.2. The second-order valence-corrected chi connectivity index (χ2v) is 4.91. The first kappa shape index (κ1) is 15.2. The molecule has 3 amide bonds. The first-order valence-corrected chi connectivity index (χ1v) is 7.05. The number of nitrogens with one attached hydrogen (secondary N) is 2. The Morgan fingerprint density at radius 1 is 0.917 bits per heavy atom. The number of carbonyl (C=O) groups excluding carboxylic acids is 2. The summed E-state index contributed by atoms with van der Waals surface area (Å²) in [6.45, 7) is 0. The van der Waals surface area contributed by atoms with Gasteiger partial charge in [-0.3, -0.25) is 4.79 Å². The summed E-state index contributed by atoms with van der Waals surface area (Å²) in [4.78, 5) is 26.9. The lowest BCUT2D eigenvalue weighted by Gasteiger charge is -2.07. The zero-order valence-corrected chi connectivity index (χ0v) is 12.5. The largest absolute Gasteiger partial charge is 0.351 e. The number of hydrogen-bond donors (Lipinski definition) is 3. The number of nitrogens with zero attached hydrogens (tertiary/aromatic N) is 3. The monoisotopic (exact) mass is 322 g/mol. The molecule has 0 radical (unpaired) electrons. The predicted octanol–water partition coefficient (Wildman–Crippen LogP) is 2.01. The van der Waals surface area contributed by atoms with Crippen LogP contribution in [0.4, 0.5) is 16.2 Å². The molecule has 0 aliphatic heterocycles. The molecule has 0 bridgehead atoms. The fraction of sp³-hybridized carbons (Fsp3) is 0. The number of aromatic nitrogens is 3. The molecule has 0 aliphatic carbocycles. The van der Waals surface area contributed by atoms with E-state index in [9.17, 15) is 9.59 Å². The Morgan fingerprint density at radius 2 is 1.54 bits per heavy atom. The number of urea groups is 1. The van der Waals surface area contributed by atoms with E-state index in [4.69, 9.17) is 5.73 Å². The Balaban J connectivity index is 1.67. The predicted molar refractivity (Wildman–Crippen MR) is 89.0 cm³/mol. The molecule has 3 rings (SSSR count). The van der Waals surface area contributed by atoms with Gasteiger partial charge in [-0.15, -0.1) is 0 Å². The van der Waals surface area contributed by atoms with E-state index < -0.39 is 6.03 Å². The summed E-state index contributed by atoms with van der Waals surface area (Å²) in [6, 6.07) is 13.0. The number of hydrogen-bond acceptors (Lipinski definition) is 4. The highest BCUT2D eigenvalue weighted by atomic mass is 16.2. The second-order valence-electron chi connectivity index (χ2n) is 4.91. The highest BCUT2D eigenvalue weighted by molar-refractivity contribution is 6.04. The van der Waals surface area contributed by atoms with Crippen molar-refractivity contribution in [1.29, 1.82) is 0 Å². The van der Waals surface area contributed by atoms with Crippen molar-refractivity contribution in [1.82, 2.24) is 14.8 Å². The molecule has 8 nitrogen and oxygen atoms in total. The van der Waals surface area contributed by atoms with Crippen LogP contribution in [0.15, 0.2) is 61.2 Å². The summed E-state index contributed by atoms with van der Waals surface area (Å²) in [6.07, 6.45) is 3.02. The van der Waals surface area contributed by atoms with Crippen LogP contribution >= 0.6 is 0 Å². The van der Waals surface area contributed by atoms with Gasteiger partial charge in [0.05, 0.1) is 5.69 Å². The molecule has 0 unspecified atom stereocenters. The van der Waals surface area contributed by atoms with E-state index in [0.29, 0.717) is 16.9 Å². The van der Waals surface area contributed by atoms with Crippen molar-refractivity contribution in [2.45, 2.75) is 0 Å². The molecule has 2 aromatic carbocycles. The maximum Gasteiger partial charge on any atom is 0.316 e. The van der Waals surface area contributed by atoms with Gasteiger partial charge in [-0.1, -0.05) is 0 Å². The Morgan fingerprint density at radius 3 is 2.08 bits per heavy atom. The van der Waals surface area contributed by atoms with Gasteiger partial charge in [-0.25, -0.2) is 14.5 Å². The number of anilines is 2. The van der Waals surface area contributed by atoms with Crippen LogP contribution in [0.5, 0.6) is 0 Å². The Hall–Kier alpha value is -3.68. The molecule has 0 aliphatic rings. The Labute approximate surface area is 137 Å². The smallest absolute Gasteiger partial charge is 0.316 e. The van der Waals surface area contributed by atoms with Gasteiger partial charge in [0.25, 0.3) is 5.91 Å². The molecule has 0 saturated carbocycles. The van der Waals surface area contributed by atoms with E-state index in [1.165, 1.54) is 6.33 Å². The molecular formula is C16H14N6O2. The summed E-state index contributed by atoms with van der Waals surface area (Å²) < 4.78 is 1.60. The van der Waals surface area contributed by atoms with Gasteiger partial charge < -0.3 is 16.4 Å². The Bertz CT molecular complexity index is 841. The number of nitrogens with two attached hydrogens (primary N) is 1. The van der Waals surface area contributed by atoms with Crippen molar-refractivity contribution in [3.63, 3.8) is 0 Å². The molecule has 0 fully saturated rings. The van der Waals surface area contributed by atoms with Crippen LogP contribution in [0.1, 0.15) is 10.4 Å². The van der Waals surface area contributed by atoms with Gasteiger partial charge in [0.15, 0.2) is 0 Å². The minimum atomic E-state index is -0.640. The van der Waals surface area contributed by atoms with E-state index in [0.717, 1.165) is 5.69 Å². The molecule has 3 aromatic rings. The highest BCUT2D eigenvalue weighted by Gasteiger charge is 2.07. The van der Waals surface area contributed by atoms with Crippen molar-refractivity contribution in [2.75, 3.05) is 10.6 Å². The third kappa shape index (κ3) is 3.55. The standard InChI is InChI=1S/C16H14N6O2/c17-16(24)21-13-5-3-12(4-6-13)20-15(23)11-1-7-14(8-2-11)22-10-18-9-19-22/h1-10H,(H,20,23)(H3,17,21,24).